The molecule has 1 fully saturated rings. The summed E-state index contributed by atoms with van der Waals surface area (Å²) < 4.78 is 20.4. The van der Waals surface area contributed by atoms with Gasteiger partial charge in [-0.3, -0.25) is 8.37 Å². The molecule has 0 spiro atoms. The van der Waals surface area contributed by atoms with E-state index in [1.165, 1.54) is 0 Å². The van der Waals surface area contributed by atoms with Crippen molar-refractivity contribution in [1.29, 1.82) is 0 Å². The summed E-state index contributed by atoms with van der Waals surface area (Å²) in [7, 11) is 0. The van der Waals surface area contributed by atoms with E-state index in [9.17, 15) is 4.21 Å². The maximum Gasteiger partial charge on any atom is 0.304 e. The minimum atomic E-state index is -1.52. The SMILES string of the molecule is C[C@@H]1O[S@@](=O)OCC1(C)C. The van der Waals surface area contributed by atoms with Gasteiger partial charge < -0.3 is 0 Å². The highest BCUT2D eigenvalue weighted by Gasteiger charge is 2.34. The lowest BCUT2D eigenvalue weighted by Crippen LogP contribution is -2.39. The Morgan fingerprint density at radius 2 is 2.20 bits per heavy atom. The first-order valence-electron chi connectivity index (χ1n) is 3.24. The maximum absolute atomic E-state index is 10.6. The molecule has 0 amide bonds. The van der Waals surface area contributed by atoms with Gasteiger partial charge in [-0.1, -0.05) is 13.8 Å². The zero-order chi connectivity index (χ0) is 7.78. The van der Waals surface area contributed by atoms with Crippen LogP contribution in [-0.4, -0.2) is 16.9 Å². The number of hydrogen-bond donors (Lipinski definition) is 0. The summed E-state index contributed by atoms with van der Waals surface area (Å²) in [5, 5.41) is 0. The summed E-state index contributed by atoms with van der Waals surface area (Å²) >= 11 is -1.52. The van der Waals surface area contributed by atoms with E-state index in [0.29, 0.717) is 6.61 Å². The fourth-order valence-corrected chi connectivity index (χ4v) is 1.54. The van der Waals surface area contributed by atoms with Gasteiger partial charge in [0.05, 0.1) is 12.7 Å². The molecule has 1 saturated heterocycles. The first-order chi connectivity index (χ1) is 4.52. The Balaban J connectivity index is 2.60. The largest absolute Gasteiger partial charge is 0.304 e. The van der Waals surface area contributed by atoms with Crippen molar-refractivity contribution < 1.29 is 12.6 Å². The Labute approximate surface area is 63.6 Å². The fourth-order valence-electron chi connectivity index (χ4n) is 0.593. The molecule has 10 heavy (non-hydrogen) atoms. The second-order valence-electron chi connectivity index (χ2n) is 3.19. The number of rotatable bonds is 0. The molecular weight excluding hydrogens is 152 g/mol. The van der Waals surface area contributed by atoms with Crippen LogP contribution in [0.5, 0.6) is 0 Å². The van der Waals surface area contributed by atoms with Crippen molar-refractivity contribution in [2.75, 3.05) is 6.61 Å². The Hall–Kier alpha value is 0.0700. The Bertz CT molecular complexity index is 155. The van der Waals surface area contributed by atoms with E-state index in [1.807, 2.05) is 20.8 Å². The molecule has 1 rings (SSSR count). The summed E-state index contributed by atoms with van der Waals surface area (Å²) in [4.78, 5) is 0. The van der Waals surface area contributed by atoms with Gasteiger partial charge in [0, 0.05) is 5.41 Å². The van der Waals surface area contributed by atoms with E-state index >= 15 is 0 Å². The van der Waals surface area contributed by atoms with Gasteiger partial charge in [-0.15, -0.1) is 0 Å². The molecule has 0 radical (unpaired) electrons. The van der Waals surface area contributed by atoms with Crippen molar-refractivity contribution in [2.24, 2.45) is 5.41 Å². The highest BCUT2D eigenvalue weighted by molar-refractivity contribution is 7.75. The average molecular weight is 164 g/mol. The van der Waals surface area contributed by atoms with E-state index in [-0.39, 0.29) is 11.5 Å². The van der Waals surface area contributed by atoms with Gasteiger partial charge >= 0.3 is 11.4 Å². The predicted octanol–water partition coefficient (Wildman–Crippen LogP) is 1.03. The molecule has 4 heteroatoms. The molecule has 0 bridgehead atoms. The van der Waals surface area contributed by atoms with Crippen LogP contribution in [0.4, 0.5) is 0 Å². The van der Waals surface area contributed by atoms with E-state index in [2.05, 4.69) is 0 Å². The van der Waals surface area contributed by atoms with Crippen LogP contribution in [0.25, 0.3) is 0 Å². The van der Waals surface area contributed by atoms with Crippen LogP contribution >= 0.6 is 0 Å². The van der Waals surface area contributed by atoms with Crippen molar-refractivity contribution >= 4 is 11.4 Å². The smallest absolute Gasteiger partial charge is 0.268 e. The third-order valence-electron chi connectivity index (χ3n) is 1.85. The molecule has 0 saturated carbocycles. The molecule has 1 aliphatic heterocycles. The summed E-state index contributed by atoms with van der Waals surface area (Å²) in [5.74, 6) is 0. The van der Waals surface area contributed by atoms with Crippen molar-refractivity contribution in [3.63, 3.8) is 0 Å². The van der Waals surface area contributed by atoms with E-state index in [0.717, 1.165) is 0 Å². The standard InChI is InChI=1S/C6H12O3S/c1-5-6(2,3)4-8-10(7)9-5/h5H,4H2,1-3H3/t5-,10-/m0/s1. The molecule has 3 nitrogen and oxygen atoms in total. The van der Waals surface area contributed by atoms with E-state index in [1.54, 1.807) is 0 Å². The van der Waals surface area contributed by atoms with Crippen molar-refractivity contribution in [3.05, 3.63) is 0 Å². The van der Waals surface area contributed by atoms with Crippen LogP contribution < -0.4 is 0 Å². The summed E-state index contributed by atoms with van der Waals surface area (Å²) in [6.07, 6.45) is 0.00193. The first kappa shape index (κ1) is 8.17. The molecule has 0 N–H and O–H groups in total. The zero-order valence-corrected chi connectivity index (χ0v) is 7.23. The Kier molecular flexibility index (Phi) is 2.12. The van der Waals surface area contributed by atoms with Gasteiger partial charge in [0.2, 0.25) is 0 Å². The van der Waals surface area contributed by atoms with Gasteiger partial charge in [0.25, 0.3) is 0 Å². The molecule has 0 aromatic rings. The van der Waals surface area contributed by atoms with Crippen LogP contribution in [0.1, 0.15) is 20.8 Å². The first-order valence-corrected chi connectivity index (χ1v) is 4.24. The number of hydrogen-bond acceptors (Lipinski definition) is 3. The average Bonchev–Trinajstić information content (AvgIpc) is 1.81. The van der Waals surface area contributed by atoms with Crippen LogP contribution in [0, 0.1) is 5.41 Å². The van der Waals surface area contributed by atoms with Gasteiger partial charge in [-0.05, 0) is 6.92 Å². The molecule has 0 aromatic carbocycles. The molecule has 0 aromatic heterocycles. The van der Waals surface area contributed by atoms with Crippen LogP contribution in [0.15, 0.2) is 0 Å². The third kappa shape index (κ3) is 1.56. The monoisotopic (exact) mass is 164 g/mol. The molecule has 2 atom stereocenters. The van der Waals surface area contributed by atoms with Gasteiger partial charge in [-0.2, -0.15) is 4.21 Å². The van der Waals surface area contributed by atoms with Crippen LogP contribution in [0.2, 0.25) is 0 Å². The highest BCUT2D eigenvalue weighted by Crippen LogP contribution is 2.28. The molecule has 0 aliphatic carbocycles. The molecule has 1 aliphatic rings. The minimum Gasteiger partial charge on any atom is -0.268 e. The van der Waals surface area contributed by atoms with Gasteiger partial charge in [-0.25, -0.2) is 0 Å². The highest BCUT2D eigenvalue weighted by atomic mass is 32.2. The molecule has 0 unspecified atom stereocenters. The van der Waals surface area contributed by atoms with Gasteiger partial charge in [0.15, 0.2) is 0 Å². The summed E-state index contributed by atoms with van der Waals surface area (Å²) in [5.41, 5.74) is -0.0199. The lowest BCUT2D eigenvalue weighted by Gasteiger charge is -2.33. The minimum absolute atomic E-state index is 0.00193. The molecular formula is C6H12O3S. The second kappa shape index (κ2) is 2.60. The zero-order valence-electron chi connectivity index (χ0n) is 6.42. The summed E-state index contributed by atoms with van der Waals surface area (Å²) in [6.45, 7) is 6.45. The second-order valence-corrected chi connectivity index (χ2v) is 4.03. The Morgan fingerprint density at radius 3 is 2.60 bits per heavy atom. The van der Waals surface area contributed by atoms with Crippen LogP contribution in [-0.2, 0) is 19.7 Å². The third-order valence-corrected chi connectivity index (χ3v) is 2.61. The van der Waals surface area contributed by atoms with Crippen molar-refractivity contribution in [3.8, 4) is 0 Å². The lowest BCUT2D eigenvalue weighted by atomic mass is 9.89. The maximum atomic E-state index is 10.6. The van der Waals surface area contributed by atoms with Crippen molar-refractivity contribution in [1.82, 2.24) is 0 Å². The quantitative estimate of drug-likeness (QED) is 0.536. The molecule has 60 valence electrons. The van der Waals surface area contributed by atoms with E-state index < -0.39 is 11.4 Å². The predicted molar refractivity (Wildman–Crippen MR) is 38.4 cm³/mol. The van der Waals surface area contributed by atoms with Crippen LogP contribution in [0.3, 0.4) is 0 Å². The lowest BCUT2D eigenvalue weighted by molar-refractivity contribution is 0.00659. The molecule has 1 heterocycles. The van der Waals surface area contributed by atoms with Crippen molar-refractivity contribution in [2.45, 2.75) is 26.9 Å². The fraction of sp³-hybridized carbons (Fsp3) is 1.00. The van der Waals surface area contributed by atoms with Gasteiger partial charge in [0.1, 0.15) is 0 Å². The normalized spacial score (nSPS) is 39.5. The summed E-state index contributed by atoms with van der Waals surface area (Å²) in [6, 6.07) is 0. The Morgan fingerprint density at radius 1 is 1.60 bits per heavy atom. The van der Waals surface area contributed by atoms with E-state index in [4.69, 9.17) is 8.37 Å². The topological polar surface area (TPSA) is 35.5 Å².